The topological polar surface area (TPSA) is 79.5 Å². The molecule has 108 valence electrons. The number of rotatable bonds is 3. The van der Waals surface area contributed by atoms with Crippen LogP contribution in [0.15, 0.2) is 22.8 Å². The number of halogens is 1. The van der Waals surface area contributed by atoms with Gasteiger partial charge in [0.05, 0.1) is 6.54 Å². The first kappa shape index (κ1) is 14.9. The molecule has 0 atom stereocenters. The molecule has 0 aromatic carbocycles. The number of hydrogen-bond donors (Lipinski definition) is 1. The monoisotopic (exact) mass is 340 g/mol. The molecule has 2 rings (SSSR count). The lowest BCUT2D eigenvalue weighted by Gasteiger charge is -2.21. The number of hydrogen-bond acceptors (Lipinski definition) is 4. The van der Waals surface area contributed by atoms with Gasteiger partial charge in [-0.1, -0.05) is 6.07 Å². The van der Waals surface area contributed by atoms with Crippen LogP contribution in [0.4, 0.5) is 0 Å². The quantitative estimate of drug-likeness (QED) is 0.811. The van der Waals surface area contributed by atoms with Gasteiger partial charge in [0.25, 0.3) is 5.91 Å². The molecule has 6 nitrogen and oxygen atoms in total. The Hall–Kier alpha value is -1.47. The molecule has 0 spiro atoms. The molecule has 7 heteroatoms. The Labute approximate surface area is 126 Å². The van der Waals surface area contributed by atoms with Crippen molar-refractivity contribution in [2.75, 3.05) is 32.7 Å². The summed E-state index contributed by atoms with van der Waals surface area (Å²) in [5, 5.41) is 0. The third-order valence-corrected chi connectivity index (χ3v) is 3.63. The first-order valence-corrected chi connectivity index (χ1v) is 7.28. The summed E-state index contributed by atoms with van der Waals surface area (Å²) in [6, 6.07) is 5.29. The highest BCUT2D eigenvalue weighted by Crippen LogP contribution is 2.11. The van der Waals surface area contributed by atoms with Crippen LogP contribution < -0.4 is 5.73 Å². The van der Waals surface area contributed by atoms with E-state index in [1.807, 2.05) is 4.90 Å². The highest BCUT2D eigenvalue weighted by Gasteiger charge is 2.21. The molecule has 0 aliphatic carbocycles. The van der Waals surface area contributed by atoms with Gasteiger partial charge in [0.2, 0.25) is 5.91 Å². The van der Waals surface area contributed by atoms with E-state index < -0.39 is 0 Å². The van der Waals surface area contributed by atoms with Crippen LogP contribution in [0.1, 0.15) is 16.9 Å². The molecule has 20 heavy (non-hydrogen) atoms. The summed E-state index contributed by atoms with van der Waals surface area (Å²) in [4.78, 5) is 31.2. The molecule has 0 saturated carbocycles. The maximum atomic E-state index is 12.4. The summed E-state index contributed by atoms with van der Waals surface area (Å²) in [7, 11) is 0. The number of nitrogens with zero attached hydrogens (tertiary/aromatic N) is 3. The fraction of sp³-hybridized carbons (Fsp3) is 0.462. The van der Waals surface area contributed by atoms with Crippen molar-refractivity contribution in [2.24, 2.45) is 5.73 Å². The largest absolute Gasteiger partial charge is 0.369 e. The van der Waals surface area contributed by atoms with Gasteiger partial charge in [0.15, 0.2) is 0 Å². The van der Waals surface area contributed by atoms with Crippen LogP contribution >= 0.6 is 15.9 Å². The van der Waals surface area contributed by atoms with E-state index in [4.69, 9.17) is 5.73 Å². The van der Waals surface area contributed by atoms with Crippen molar-refractivity contribution in [1.82, 2.24) is 14.8 Å². The minimum Gasteiger partial charge on any atom is -0.369 e. The summed E-state index contributed by atoms with van der Waals surface area (Å²) >= 11 is 3.27. The Morgan fingerprint density at radius 1 is 1.25 bits per heavy atom. The number of aromatic nitrogens is 1. The van der Waals surface area contributed by atoms with Gasteiger partial charge in [-0.05, 0) is 34.5 Å². The van der Waals surface area contributed by atoms with E-state index in [2.05, 4.69) is 20.9 Å². The molecule has 1 aliphatic rings. The molecular formula is C13H17BrN4O2. The fourth-order valence-corrected chi connectivity index (χ4v) is 2.59. The summed E-state index contributed by atoms with van der Waals surface area (Å²) < 4.78 is 0.647. The van der Waals surface area contributed by atoms with E-state index in [1.54, 1.807) is 23.1 Å². The first-order valence-electron chi connectivity index (χ1n) is 6.49. The van der Waals surface area contributed by atoms with Gasteiger partial charge in [-0.25, -0.2) is 4.98 Å². The van der Waals surface area contributed by atoms with E-state index in [0.717, 1.165) is 13.0 Å². The van der Waals surface area contributed by atoms with Crippen molar-refractivity contribution in [2.45, 2.75) is 6.42 Å². The lowest BCUT2D eigenvalue weighted by molar-refractivity contribution is -0.119. The highest BCUT2D eigenvalue weighted by atomic mass is 79.9. The lowest BCUT2D eigenvalue weighted by Crippen LogP contribution is -2.38. The van der Waals surface area contributed by atoms with Crippen molar-refractivity contribution >= 4 is 27.7 Å². The van der Waals surface area contributed by atoms with E-state index in [0.29, 0.717) is 29.9 Å². The Morgan fingerprint density at radius 3 is 2.75 bits per heavy atom. The molecule has 1 aliphatic heterocycles. The van der Waals surface area contributed by atoms with E-state index in [9.17, 15) is 9.59 Å². The molecule has 0 bridgehead atoms. The van der Waals surface area contributed by atoms with E-state index >= 15 is 0 Å². The van der Waals surface area contributed by atoms with Crippen LogP contribution in [-0.4, -0.2) is 59.3 Å². The predicted molar refractivity (Wildman–Crippen MR) is 78.1 cm³/mol. The van der Waals surface area contributed by atoms with Gasteiger partial charge < -0.3 is 10.6 Å². The summed E-state index contributed by atoms with van der Waals surface area (Å²) in [6.45, 7) is 2.93. The third kappa shape index (κ3) is 4.01. The van der Waals surface area contributed by atoms with Gasteiger partial charge in [0.1, 0.15) is 10.3 Å². The second kappa shape index (κ2) is 6.81. The number of amides is 2. The predicted octanol–water partition coefficient (Wildman–Crippen LogP) is 0.477. The zero-order chi connectivity index (χ0) is 14.5. The average Bonchev–Trinajstić information content (AvgIpc) is 2.63. The average molecular weight is 341 g/mol. The van der Waals surface area contributed by atoms with Crippen LogP contribution in [-0.2, 0) is 4.79 Å². The number of carbonyl (C=O) groups is 2. The molecule has 2 amide bonds. The second-order valence-corrected chi connectivity index (χ2v) is 5.55. The zero-order valence-electron chi connectivity index (χ0n) is 11.1. The third-order valence-electron chi connectivity index (χ3n) is 3.19. The first-order chi connectivity index (χ1) is 9.56. The Kier molecular flexibility index (Phi) is 5.08. The Balaban J connectivity index is 1.99. The number of nitrogens with two attached hydrogens (primary N) is 1. The Morgan fingerprint density at radius 2 is 2.05 bits per heavy atom. The minimum atomic E-state index is -0.335. The van der Waals surface area contributed by atoms with Crippen molar-refractivity contribution < 1.29 is 9.59 Å². The lowest BCUT2D eigenvalue weighted by atomic mass is 10.3. The molecule has 1 aromatic heterocycles. The maximum Gasteiger partial charge on any atom is 0.272 e. The molecule has 1 aromatic rings. The highest BCUT2D eigenvalue weighted by molar-refractivity contribution is 9.10. The number of pyridine rings is 1. The number of primary amides is 1. The summed E-state index contributed by atoms with van der Waals surface area (Å²) in [5.41, 5.74) is 5.63. The van der Waals surface area contributed by atoms with Gasteiger partial charge in [-0.3, -0.25) is 14.5 Å². The van der Waals surface area contributed by atoms with Gasteiger partial charge >= 0.3 is 0 Å². The smallest absolute Gasteiger partial charge is 0.272 e. The molecule has 1 saturated heterocycles. The molecule has 0 unspecified atom stereocenters. The van der Waals surface area contributed by atoms with E-state index in [1.165, 1.54) is 0 Å². The normalized spacial score (nSPS) is 16.8. The summed E-state index contributed by atoms with van der Waals surface area (Å²) in [5.74, 6) is -0.411. The molecule has 2 heterocycles. The van der Waals surface area contributed by atoms with E-state index in [-0.39, 0.29) is 18.4 Å². The molecule has 1 fully saturated rings. The van der Waals surface area contributed by atoms with Crippen molar-refractivity contribution in [3.8, 4) is 0 Å². The zero-order valence-corrected chi connectivity index (χ0v) is 12.7. The molecular weight excluding hydrogens is 324 g/mol. The van der Waals surface area contributed by atoms with Gasteiger partial charge in [0, 0.05) is 26.2 Å². The van der Waals surface area contributed by atoms with Crippen LogP contribution in [0, 0.1) is 0 Å². The standard InChI is InChI=1S/C13H17BrN4O2/c14-11-4-1-3-10(16-11)13(20)18-6-2-5-17(7-8-18)9-12(15)19/h1,3-4H,2,5-9H2,(H2,15,19). The minimum absolute atomic E-state index is 0.0766. The van der Waals surface area contributed by atoms with Crippen molar-refractivity contribution in [1.29, 1.82) is 0 Å². The molecule has 0 radical (unpaired) electrons. The molecule has 2 N–H and O–H groups in total. The van der Waals surface area contributed by atoms with Crippen LogP contribution in [0.25, 0.3) is 0 Å². The van der Waals surface area contributed by atoms with Crippen LogP contribution in [0.5, 0.6) is 0 Å². The summed E-state index contributed by atoms with van der Waals surface area (Å²) in [6.07, 6.45) is 0.826. The van der Waals surface area contributed by atoms with Gasteiger partial charge in [-0.2, -0.15) is 0 Å². The van der Waals surface area contributed by atoms with Crippen molar-refractivity contribution in [3.05, 3.63) is 28.5 Å². The Bertz CT molecular complexity index is 509. The van der Waals surface area contributed by atoms with Gasteiger partial charge in [-0.15, -0.1) is 0 Å². The van der Waals surface area contributed by atoms with Crippen molar-refractivity contribution in [3.63, 3.8) is 0 Å². The second-order valence-electron chi connectivity index (χ2n) is 4.73. The fourth-order valence-electron chi connectivity index (χ4n) is 2.24. The van der Waals surface area contributed by atoms with Crippen LogP contribution in [0.2, 0.25) is 0 Å². The van der Waals surface area contributed by atoms with Crippen LogP contribution in [0.3, 0.4) is 0 Å². The number of carbonyl (C=O) groups excluding carboxylic acids is 2. The SMILES string of the molecule is NC(=O)CN1CCCN(C(=O)c2cccc(Br)n2)CC1. The maximum absolute atomic E-state index is 12.4.